The van der Waals surface area contributed by atoms with Crippen LogP contribution in [-0.2, 0) is 4.79 Å². The minimum Gasteiger partial charge on any atom is -0.490 e. The lowest BCUT2D eigenvalue weighted by Gasteiger charge is -2.19. The third-order valence-electron chi connectivity index (χ3n) is 3.62. The maximum absolute atomic E-state index is 10.9. The summed E-state index contributed by atoms with van der Waals surface area (Å²) >= 11 is 0. The Morgan fingerprint density at radius 1 is 1.18 bits per heavy atom. The average molecular weight is 308 g/mol. The summed E-state index contributed by atoms with van der Waals surface area (Å²) in [6.45, 7) is 2.17. The number of amides is 1. The smallest absolute Gasteiger partial charge is 0.243 e. The van der Waals surface area contributed by atoms with Crippen LogP contribution in [0.5, 0.6) is 5.75 Å². The predicted octanol–water partition coefficient (Wildman–Crippen LogP) is 3.66. The van der Waals surface area contributed by atoms with E-state index in [1.165, 1.54) is 0 Å². The van der Waals surface area contributed by atoms with Crippen molar-refractivity contribution in [1.82, 2.24) is 5.48 Å². The van der Waals surface area contributed by atoms with Crippen molar-refractivity contribution >= 4 is 11.6 Å². The van der Waals surface area contributed by atoms with Gasteiger partial charge in [0, 0.05) is 12.1 Å². The van der Waals surface area contributed by atoms with Gasteiger partial charge in [0.05, 0.1) is 6.10 Å². The van der Waals surface area contributed by atoms with Crippen molar-refractivity contribution in [2.75, 3.05) is 5.73 Å². The van der Waals surface area contributed by atoms with Crippen LogP contribution in [0.3, 0.4) is 0 Å². The number of rotatable bonds is 11. The number of ether oxygens (including phenoxy) is 1. The molecule has 1 unspecified atom stereocenters. The van der Waals surface area contributed by atoms with E-state index in [9.17, 15) is 4.79 Å². The molecule has 124 valence electrons. The number of unbranched alkanes of at least 4 members (excludes halogenated alkanes) is 3. The second-order valence-corrected chi connectivity index (χ2v) is 5.59. The van der Waals surface area contributed by atoms with Crippen molar-refractivity contribution in [2.45, 2.75) is 64.4 Å². The molecule has 1 aromatic carbocycles. The topological polar surface area (TPSA) is 84.6 Å². The van der Waals surface area contributed by atoms with Gasteiger partial charge in [0.1, 0.15) is 5.75 Å². The Morgan fingerprint density at radius 2 is 1.86 bits per heavy atom. The zero-order valence-corrected chi connectivity index (χ0v) is 13.4. The van der Waals surface area contributed by atoms with Crippen molar-refractivity contribution in [3.8, 4) is 5.75 Å². The van der Waals surface area contributed by atoms with Crippen LogP contribution in [0.15, 0.2) is 24.3 Å². The normalized spacial score (nSPS) is 11.9. The molecule has 0 spiro atoms. The molecule has 5 heteroatoms. The van der Waals surface area contributed by atoms with Crippen LogP contribution in [0.1, 0.15) is 58.3 Å². The molecule has 0 aliphatic carbocycles. The highest BCUT2D eigenvalue weighted by atomic mass is 16.5. The van der Waals surface area contributed by atoms with Gasteiger partial charge in [0.15, 0.2) is 0 Å². The van der Waals surface area contributed by atoms with Gasteiger partial charge in [-0.05, 0) is 49.9 Å². The number of nitrogen functional groups attached to an aromatic ring is 1. The lowest BCUT2D eigenvalue weighted by molar-refractivity contribution is -0.129. The highest BCUT2D eigenvalue weighted by Gasteiger charge is 2.10. The van der Waals surface area contributed by atoms with Crippen molar-refractivity contribution in [3.05, 3.63) is 24.3 Å². The van der Waals surface area contributed by atoms with E-state index in [0.29, 0.717) is 6.42 Å². The lowest BCUT2D eigenvalue weighted by atomic mass is 10.0. The summed E-state index contributed by atoms with van der Waals surface area (Å²) in [6, 6.07) is 7.50. The molecule has 0 aliphatic heterocycles. The summed E-state index contributed by atoms with van der Waals surface area (Å²) < 4.78 is 6.05. The number of benzene rings is 1. The third-order valence-corrected chi connectivity index (χ3v) is 3.62. The zero-order valence-electron chi connectivity index (χ0n) is 13.4. The molecule has 4 N–H and O–H groups in total. The Balaban J connectivity index is 2.33. The van der Waals surface area contributed by atoms with E-state index in [1.807, 2.05) is 24.3 Å². The van der Waals surface area contributed by atoms with Crippen LogP contribution < -0.4 is 16.0 Å². The average Bonchev–Trinajstić information content (AvgIpc) is 2.53. The molecule has 1 atom stereocenters. The first-order valence-electron chi connectivity index (χ1n) is 8.10. The van der Waals surface area contributed by atoms with Gasteiger partial charge in [-0.1, -0.05) is 26.2 Å². The van der Waals surface area contributed by atoms with E-state index >= 15 is 0 Å². The van der Waals surface area contributed by atoms with Crippen molar-refractivity contribution in [2.24, 2.45) is 0 Å². The van der Waals surface area contributed by atoms with Crippen LogP contribution in [0.4, 0.5) is 5.69 Å². The Morgan fingerprint density at radius 3 is 2.50 bits per heavy atom. The molecule has 0 aliphatic rings. The molecule has 0 aromatic heterocycles. The standard InChI is InChI=1S/C17H28N2O3/c1-2-3-7-15(8-5-4-6-9-17(20)19-21)22-16-12-10-14(18)11-13-16/h10-13,15,21H,2-9,18H2,1H3,(H,19,20). The van der Waals surface area contributed by atoms with Gasteiger partial charge >= 0.3 is 0 Å². The molecular formula is C17H28N2O3. The van der Waals surface area contributed by atoms with Gasteiger partial charge in [-0.15, -0.1) is 0 Å². The number of carbonyl (C=O) groups is 1. The minimum atomic E-state index is -0.319. The Hall–Kier alpha value is -1.75. The van der Waals surface area contributed by atoms with Crippen LogP contribution in [0, 0.1) is 0 Å². The predicted molar refractivity (Wildman–Crippen MR) is 87.8 cm³/mol. The highest BCUT2D eigenvalue weighted by Crippen LogP contribution is 2.20. The fourth-order valence-electron chi connectivity index (χ4n) is 2.32. The van der Waals surface area contributed by atoms with Gasteiger partial charge < -0.3 is 10.5 Å². The first-order chi connectivity index (χ1) is 10.7. The molecule has 0 radical (unpaired) electrons. The molecule has 0 bridgehead atoms. The molecular weight excluding hydrogens is 280 g/mol. The number of hydrogen-bond donors (Lipinski definition) is 3. The first kappa shape index (κ1) is 18.3. The Bertz CT molecular complexity index is 420. The van der Waals surface area contributed by atoms with Crippen molar-refractivity contribution in [1.29, 1.82) is 0 Å². The van der Waals surface area contributed by atoms with Gasteiger partial charge in [-0.2, -0.15) is 0 Å². The molecule has 1 amide bonds. The maximum Gasteiger partial charge on any atom is 0.243 e. The molecule has 1 aromatic rings. The number of anilines is 1. The molecule has 0 saturated heterocycles. The Labute approximate surface area is 132 Å². The summed E-state index contributed by atoms with van der Waals surface area (Å²) in [5.74, 6) is 0.538. The third kappa shape index (κ3) is 7.88. The van der Waals surface area contributed by atoms with E-state index < -0.39 is 0 Å². The fourth-order valence-corrected chi connectivity index (χ4v) is 2.32. The number of nitrogens with one attached hydrogen (secondary N) is 1. The van der Waals surface area contributed by atoms with Gasteiger partial charge in [0.2, 0.25) is 5.91 Å². The summed E-state index contributed by atoms with van der Waals surface area (Å²) in [7, 11) is 0. The van der Waals surface area contributed by atoms with E-state index in [0.717, 1.165) is 56.4 Å². The molecule has 0 fully saturated rings. The number of hydroxylamine groups is 1. The van der Waals surface area contributed by atoms with E-state index in [2.05, 4.69) is 6.92 Å². The van der Waals surface area contributed by atoms with E-state index in [-0.39, 0.29) is 12.0 Å². The van der Waals surface area contributed by atoms with Crippen molar-refractivity contribution < 1.29 is 14.7 Å². The van der Waals surface area contributed by atoms with Crippen LogP contribution in [-0.4, -0.2) is 17.2 Å². The number of carbonyl (C=O) groups excluding carboxylic acids is 1. The lowest BCUT2D eigenvalue weighted by Crippen LogP contribution is -2.18. The van der Waals surface area contributed by atoms with Gasteiger partial charge in [0.25, 0.3) is 0 Å². The maximum atomic E-state index is 10.9. The van der Waals surface area contributed by atoms with Crippen LogP contribution in [0.25, 0.3) is 0 Å². The Kier molecular flexibility index (Phi) is 9.07. The van der Waals surface area contributed by atoms with Crippen LogP contribution in [0.2, 0.25) is 0 Å². The quantitative estimate of drug-likeness (QED) is 0.252. The van der Waals surface area contributed by atoms with Gasteiger partial charge in [-0.25, -0.2) is 5.48 Å². The first-order valence-corrected chi connectivity index (χ1v) is 8.10. The second-order valence-electron chi connectivity index (χ2n) is 5.59. The summed E-state index contributed by atoms with van der Waals surface area (Å²) in [6.07, 6.45) is 7.65. The zero-order chi connectivity index (χ0) is 16.2. The van der Waals surface area contributed by atoms with Gasteiger partial charge in [-0.3, -0.25) is 10.0 Å². The molecule has 0 heterocycles. The number of hydrogen-bond acceptors (Lipinski definition) is 4. The molecule has 22 heavy (non-hydrogen) atoms. The monoisotopic (exact) mass is 308 g/mol. The largest absolute Gasteiger partial charge is 0.490 e. The summed E-state index contributed by atoms with van der Waals surface area (Å²) in [4.78, 5) is 10.9. The molecule has 1 rings (SSSR count). The van der Waals surface area contributed by atoms with Crippen LogP contribution >= 0.6 is 0 Å². The van der Waals surface area contributed by atoms with Crippen molar-refractivity contribution in [3.63, 3.8) is 0 Å². The molecule has 5 nitrogen and oxygen atoms in total. The fraction of sp³-hybridized carbons (Fsp3) is 0.588. The molecule has 0 saturated carbocycles. The summed E-state index contributed by atoms with van der Waals surface area (Å²) in [5, 5.41) is 8.43. The summed E-state index contributed by atoms with van der Waals surface area (Å²) in [5.41, 5.74) is 8.07. The second kappa shape index (κ2) is 10.9. The number of nitrogens with two attached hydrogens (primary N) is 1. The highest BCUT2D eigenvalue weighted by molar-refractivity contribution is 5.74. The minimum absolute atomic E-state index is 0.204. The van der Waals surface area contributed by atoms with E-state index in [1.54, 1.807) is 5.48 Å². The van der Waals surface area contributed by atoms with E-state index in [4.69, 9.17) is 15.7 Å². The SMILES string of the molecule is CCCCC(CCCCCC(=O)NO)Oc1ccc(N)cc1.